The van der Waals surface area contributed by atoms with E-state index in [-0.39, 0.29) is 11.6 Å². The van der Waals surface area contributed by atoms with E-state index in [0.717, 1.165) is 23.3 Å². The SMILES string of the molecule is COC(=O)c1ccc2c(c1)-c1ccc(C)cc1CC(C)(C)O2. The summed E-state index contributed by atoms with van der Waals surface area (Å²) in [5, 5.41) is 0. The van der Waals surface area contributed by atoms with Crippen LogP contribution in [-0.4, -0.2) is 18.7 Å². The molecule has 0 spiro atoms. The van der Waals surface area contributed by atoms with Gasteiger partial charge in [-0.25, -0.2) is 4.79 Å². The van der Waals surface area contributed by atoms with Crippen molar-refractivity contribution >= 4 is 5.97 Å². The number of esters is 1. The van der Waals surface area contributed by atoms with Gasteiger partial charge in [0.15, 0.2) is 0 Å². The predicted molar refractivity (Wildman–Crippen MR) is 86.4 cm³/mol. The first-order valence-corrected chi connectivity index (χ1v) is 7.41. The molecule has 3 nitrogen and oxygen atoms in total. The number of hydrogen-bond donors (Lipinski definition) is 0. The second-order valence-electron chi connectivity index (χ2n) is 6.40. The van der Waals surface area contributed by atoms with E-state index in [9.17, 15) is 4.79 Å². The molecule has 1 aliphatic rings. The molecule has 3 rings (SSSR count). The molecular weight excluding hydrogens is 276 g/mol. The molecule has 0 N–H and O–H groups in total. The average Bonchev–Trinajstić information content (AvgIpc) is 2.57. The van der Waals surface area contributed by atoms with Gasteiger partial charge < -0.3 is 9.47 Å². The van der Waals surface area contributed by atoms with Crippen molar-refractivity contribution in [3.05, 3.63) is 53.1 Å². The third-order valence-electron chi connectivity index (χ3n) is 3.95. The maximum Gasteiger partial charge on any atom is 0.337 e. The van der Waals surface area contributed by atoms with Gasteiger partial charge in [-0.05, 0) is 50.1 Å². The molecule has 2 aromatic carbocycles. The van der Waals surface area contributed by atoms with Crippen LogP contribution in [0.2, 0.25) is 0 Å². The van der Waals surface area contributed by atoms with Crippen LogP contribution in [0.15, 0.2) is 36.4 Å². The van der Waals surface area contributed by atoms with Gasteiger partial charge in [0, 0.05) is 12.0 Å². The van der Waals surface area contributed by atoms with E-state index < -0.39 is 0 Å². The average molecular weight is 296 g/mol. The van der Waals surface area contributed by atoms with Crippen molar-refractivity contribution < 1.29 is 14.3 Å². The molecule has 0 fully saturated rings. The minimum absolute atomic E-state index is 0.291. The molecule has 22 heavy (non-hydrogen) atoms. The van der Waals surface area contributed by atoms with Gasteiger partial charge in [-0.1, -0.05) is 23.8 Å². The number of carbonyl (C=O) groups is 1. The highest BCUT2D eigenvalue weighted by molar-refractivity contribution is 5.92. The predicted octanol–water partition coefficient (Wildman–Crippen LogP) is 4.16. The molecular formula is C19H20O3. The van der Waals surface area contributed by atoms with Gasteiger partial charge in [0.2, 0.25) is 0 Å². The zero-order chi connectivity index (χ0) is 15.9. The Hall–Kier alpha value is -2.29. The summed E-state index contributed by atoms with van der Waals surface area (Å²) in [6.45, 7) is 6.26. The lowest BCUT2D eigenvalue weighted by molar-refractivity contribution is 0.0600. The first-order chi connectivity index (χ1) is 10.4. The number of rotatable bonds is 1. The standard InChI is InChI=1S/C19H20O3/c1-12-5-7-15-14(9-12)11-19(2,3)22-17-8-6-13(10-16(15)17)18(20)21-4/h5-10H,11H2,1-4H3. The van der Waals surface area contributed by atoms with Crippen molar-refractivity contribution in [1.29, 1.82) is 0 Å². The number of ether oxygens (including phenoxy) is 2. The summed E-state index contributed by atoms with van der Waals surface area (Å²) >= 11 is 0. The minimum Gasteiger partial charge on any atom is -0.487 e. The van der Waals surface area contributed by atoms with Gasteiger partial charge in [0.1, 0.15) is 11.4 Å². The molecule has 0 saturated heterocycles. The van der Waals surface area contributed by atoms with E-state index >= 15 is 0 Å². The summed E-state index contributed by atoms with van der Waals surface area (Å²) < 4.78 is 11.0. The summed E-state index contributed by atoms with van der Waals surface area (Å²) in [4.78, 5) is 11.8. The van der Waals surface area contributed by atoms with Gasteiger partial charge in [-0.3, -0.25) is 0 Å². The molecule has 0 unspecified atom stereocenters. The fourth-order valence-corrected chi connectivity index (χ4v) is 3.00. The van der Waals surface area contributed by atoms with Crippen LogP contribution in [0.1, 0.15) is 35.3 Å². The normalized spacial score (nSPS) is 15.1. The van der Waals surface area contributed by atoms with Crippen LogP contribution in [0.3, 0.4) is 0 Å². The summed E-state index contributed by atoms with van der Waals surface area (Å²) in [7, 11) is 1.39. The molecule has 0 aromatic heterocycles. The highest BCUT2D eigenvalue weighted by atomic mass is 16.5. The Labute approximate surface area is 130 Å². The number of methoxy groups -OCH3 is 1. The molecule has 1 aliphatic heterocycles. The monoisotopic (exact) mass is 296 g/mol. The minimum atomic E-state index is -0.333. The maximum absolute atomic E-state index is 11.8. The van der Waals surface area contributed by atoms with Crippen LogP contribution >= 0.6 is 0 Å². The third kappa shape index (κ3) is 2.59. The second kappa shape index (κ2) is 5.16. The molecule has 3 heteroatoms. The number of benzene rings is 2. The van der Waals surface area contributed by atoms with Crippen molar-refractivity contribution in [3.63, 3.8) is 0 Å². The topological polar surface area (TPSA) is 35.5 Å². The maximum atomic E-state index is 11.8. The molecule has 0 radical (unpaired) electrons. The number of fused-ring (bicyclic) bond motifs is 3. The van der Waals surface area contributed by atoms with Crippen LogP contribution in [0.25, 0.3) is 11.1 Å². The van der Waals surface area contributed by atoms with E-state index in [1.165, 1.54) is 18.2 Å². The van der Waals surface area contributed by atoms with Crippen LogP contribution < -0.4 is 4.74 Å². The Kier molecular flexibility index (Phi) is 3.44. The lowest BCUT2D eigenvalue weighted by atomic mass is 9.91. The zero-order valence-electron chi connectivity index (χ0n) is 13.4. The second-order valence-corrected chi connectivity index (χ2v) is 6.40. The molecule has 0 saturated carbocycles. The summed E-state index contributed by atoms with van der Waals surface area (Å²) in [6, 6.07) is 11.9. The van der Waals surface area contributed by atoms with Crippen molar-refractivity contribution in [2.45, 2.75) is 32.8 Å². The van der Waals surface area contributed by atoms with Crippen LogP contribution in [0.4, 0.5) is 0 Å². The first kappa shape index (κ1) is 14.6. The molecule has 0 aliphatic carbocycles. The molecule has 2 aromatic rings. The third-order valence-corrected chi connectivity index (χ3v) is 3.95. The van der Waals surface area contributed by atoms with E-state index in [2.05, 4.69) is 39.0 Å². The van der Waals surface area contributed by atoms with Crippen molar-refractivity contribution in [2.75, 3.05) is 7.11 Å². The van der Waals surface area contributed by atoms with E-state index in [0.29, 0.717) is 5.56 Å². The summed E-state index contributed by atoms with van der Waals surface area (Å²) in [5.41, 5.74) is 4.78. The van der Waals surface area contributed by atoms with Gasteiger partial charge in [0.05, 0.1) is 12.7 Å². The molecule has 0 atom stereocenters. The first-order valence-electron chi connectivity index (χ1n) is 7.41. The van der Waals surface area contributed by atoms with E-state index in [4.69, 9.17) is 9.47 Å². The Morgan fingerprint density at radius 1 is 1.14 bits per heavy atom. The van der Waals surface area contributed by atoms with Gasteiger partial charge in [-0.2, -0.15) is 0 Å². The Morgan fingerprint density at radius 2 is 1.91 bits per heavy atom. The molecule has 114 valence electrons. The van der Waals surface area contributed by atoms with Gasteiger partial charge in [0.25, 0.3) is 0 Å². The Morgan fingerprint density at radius 3 is 2.64 bits per heavy atom. The molecule has 0 bridgehead atoms. The highest BCUT2D eigenvalue weighted by Crippen LogP contribution is 2.40. The molecule has 0 amide bonds. The summed E-state index contributed by atoms with van der Waals surface area (Å²) in [6.07, 6.45) is 0.826. The molecule has 1 heterocycles. The smallest absolute Gasteiger partial charge is 0.337 e. The van der Waals surface area contributed by atoms with Crippen LogP contribution in [0.5, 0.6) is 5.75 Å². The van der Waals surface area contributed by atoms with Crippen LogP contribution in [0, 0.1) is 6.92 Å². The van der Waals surface area contributed by atoms with Crippen molar-refractivity contribution in [2.24, 2.45) is 0 Å². The fourth-order valence-electron chi connectivity index (χ4n) is 3.00. The van der Waals surface area contributed by atoms with Crippen LogP contribution in [-0.2, 0) is 11.2 Å². The highest BCUT2D eigenvalue weighted by Gasteiger charge is 2.28. The number of carbonyl (C=O) groups excluding carboxylic acids is 1. The number of aryl methyl sites for hydroxylation is 1. The Bertz CT molecular complexity index is 744. The van der Waals surface area contributed by atoms with Gasteiger partial charge >= 0.3 is 5.97 Å². The lowest BCUT2D eigenvalue weighted by Gasteiger charge is -2.25. The fraction of sp³-hybridized carbons (Fsp3) is 0.316. The van der Waals surface area contributed by atoms with Crippen molar-refractivity contribution in [3.8, 4) is 16.9 Å². The Balaban J connectivity index is 2.24. The largest absolute Gasteiger partial charge is 0.487 e. The summed E-state index contributed by atoms with van der Waals surface area (Å²) in [5.74, 6) is 0.472. The lowest BCUT2D eigenvalue weighted by Crippen LogP contribution is -2.30. The van der Waals surface area contributed by atoms with Gasteiger partial charge in [-0.15, -0.1) is 0 Å². The number of hydrogen-bond acceptors (Lipinski definition) is 3. The van der Waals surface area contributed by atoms with Crippen molar-refractivity contribution in [1.82, 2.24) is 0 Å². The van der Waals surface area contributed by atoms with E-state index in [1.807, 2.05) is 12.1 Å². The zero-order valence-corrected chi connectivity index (χ0v) is 13.4. The quantitative estimate of drug-likeness (QED) is 0.741. The van der Waals surface area contributed by atoms with E-state index in [1.54, 1.807) is 6.07 Å².